The van der Waals surface area contributed by atoms with Crippen LogP contribution >= 0.6 is 12.4 Å². The van der Waals surface area contributed by atoms with Crippen LogP contribution in [-0.2, 0) is 10.0 Å². The highest BCUT2D eigenvalue weighted by atomic mass is 35.5. The van der Waals surface area contributed by atoms with Crippen LogP contribution in [-0.4, -0.2) is 32.5 Å². The fraction of sp³-hybridized carbons (Fsp3) is 0.571. The zero-order valence-corrected chi connectivity index (χ0v) is 14.8. The first-order chi connectivity index (χ1) is 10.3. The maximum atomic E-state index is 12.4. The number of nitro groups is 1. The number of aryl methyl sites for hydroxylation is 2. The molecular formula is C14H22ClN3O4S. The summed E-state index contributed by atoms with van der Waals surface area (Å²) >= 11 is 0. The van der Waals surface area contributed by atoms with Gasteiger partial charge in [0.15, 0.2) is 4.90 Å². The molecule has 0 bridgehead atoms. The number of nitrogens with zero attached hydrogens (tertiary/aromatic N) is 1. The molecule has 0 saturated carbocycles. The molecular weight excluding hydrogens is 342 g/mol. The second-order valence-electron chi connectivity index (χ2n) is 5.64. The largest absolute Gasteiger partial charge is 0.314 e. The van der Waals surface area contributed by atoms with E-state index < -0.39 is 14.9 Å². The summed E-state index contributed by atoms with van der Waals surface area (Å²) in [6.45, 7) is 4.68. The van der Waals surface area contributed by atoms with Gasteiger partial charge < -0.3 is 5.32 Å². The maximum absolute atomic E-state index is 12.4. The zero-order chi connectivity index (χ0) is 16.3. The van der Waals surface area contributed by atoms with Gasteiger partial charge in [-0.3, -0.25) is 10.1 Å². The molecule has 2 rings (SSSR count). The standard InChI is InChI=1S/C14H21N3O4S.ClH/c1-10-8-13(17(18)19)14(9-11(10)2)22(20,21)16-7-5-12-4-3-6-15-12;/h8-9,12,15-16H,3-7H2,1-2H3;1H/t12-;/m1./s1. The van der Waals surface area contributed by atoms with Crippen molar-refractivity contribution in [3.63, 3.8) is 0 Å². The maximum Gasteiger partial charge on any atom is 0.289 e. The molecule has 0 amide bonds. The summed E-state index contributed by atoms with van der Waals surface area (Å²) in [5.41, 5.74) is 1.03. The Labute approximate surface area is 142 Å². The van der Waals surface area contributed by atoms with Crippen molar-refractivity contribution >= 4 is 28.1 Å². The van der Waals surface area contributed by atoms with E-state index in [0.29, 0.717) is 23.6 Å². The van der Waals surface area contributed by atoms with Crippen LogP contribution in [0, 0.1) is 24.0 Å². The van der Waals surface area contributed by atoms with Crippen LogP contribution in [0.2, 0.25) is 0 Å². The average molecular weight is 364 g/mol. The predicted octanol–water partition coefficient (Wildman–Crippen LogP) is 2.05. The number of nitro benzene ring substituents is 1. The van der Waals surface area contributed by atoms with Gasteiger partial charge in [0.05, 0.1) is 4.92 Å². The van der Waals surface area contributed by atoms with Crippen molar-refractivity contribution in [2.45, 2.75) is 44.0 Å². The molecule has 0 spiro atoms. The fourth-order valence-electron chi connectivity index (χ4n) is 2.58. The molecule has 2 N–H and O–H groups in total. The smallest absolute Gasteiger partial charge is 0.289 e. The summed E-state index contributed by atoms with van der Waals surface area (Å²) in [4.78, 5) is 10.2. The first-order valence-corrected chi connectivity index (χ1v) is 8.78. The van der Waals surface area contributed by atoms with Gasteiger partial charge in [-0.2, -0.15) is 0 Å². The second-order valence-corrected chi connectivity index (χ2v) is 7.38. The quantitative estimate of drug-likeness (QED) is 0.595. The van der Waals surface area contributed by atoms with Crippen LogP contribution in [0.4, 0.5) is 5.69 Å². The number of rotatable bonds is 6. The fourth-order valence-corrected chi connectivity index (χ4v) is 3.86. The third-order valence-corrected chi connectivity index (χ3v) is 5.50. The number of halogens is 1. The minimum Gasteiger partial charge on any atom is -0.314 e. The highest BCUT2D eigenvalue weighted by molar-refractivity contribution is 7.89. The van der Waals surface area contributed by atoms with Gasteiger partial charge in [0.25, 0.3) is 5.69 Å². The minimum atomic E-state index is -3.89. The lowest BCUT2D eigenvalue weighted by molar-refractivity contribution is -0.387. The third-order valence-electron chi connectivity index (χ3n) is 4.01. The molecule has 23 heavy (non-hydrogen) atoms. The number of benzene rings is 1. The van der Waals surface area contributed by atoms with Crippen molar-refractivity contribution in [2.24, 2.45) is 0 Å². The van der Waals surface area contributed by atoms with Crippen molar-refractivity contribution in [1.29, 1.82) is 0 Å². The van der Waals surface area contributed by atoms with E-state index in [0.717, 1.165) is 19.4 Å². The van der Waals surface area contributed by atoms with Crippen LogP contribution < -0.4 is 10.0 Å². The second kappa shape index (κ2) is 8.05. The third kappa shape index (κ3) is 4.87. The van der Waals surface area contributed by atoms with E-state index in [9.17, 15) is 18.5 Å². The van der Waals surface area contributed by atoms with Gasteiger partial charge in [0.1, 0.15) is 0 Å². The lowest BCUT2D eigenvalue weighted by Gasteiger charge is -2.12. The van der Waals surface area contributed by atoms with Crippen molar-refractivity contribution in [3.05, 3.63) is 33.4 Å². The van der Waals surface area contributed by atoms with E-state index >= 15 is 0 Å². The molecule has 0 aliphatic carbocycles. The van der Waals surface area contributed by atoms with E-state index in [1.165, 1.54) is 12.1 Å². The Kier molecular flexibility index (Phi) is 6.94. The topological polar surface area (TPSA) is 101 Å². The molecule has 1 heterocycles. The molecule has 1 aromatic rings. The van der Waals surface area contributed by atoms with Crippen molar-refractivity contribution in [1.82, 2.24) is 10.0 Å². The van der Waals surface area contributed by atoms with Gasteiger partial charge in [0.2, 0.25) is 10.0 Å². The minimum absolute atomic E-state index is 0. The molecule has 1 saturated heterocycles. The number of sulfonamides is 1. The summed E-state index contributed by atoms with van der Waals surface area (Å²) in [6.07, 6.45) is 2.81. The van der Waals surface area contributed by atoms with E-state index in [2.05, 4.69) is 10.0 Å². The number of hydrogen-bond donors (Lipinski definition) is 2. The average Bonchev–Trinajstić information content (AvgIpc) is 2.94. The summed E-state index contributed by atoms with van der Waals surface area (Å²) < 4.78 is 27.2. The van der Waals surface area contributed by atoms with E-state index in [1.54, 1.807) is 13.8 Å². The lowest BCUT2D eigenvalue weighted by atomic mass is 10.1. The first-order valence-electron chi connectivity index (χ1n) is 7.30. The van der Waals surface area contributed by atoms with Crippen LogP contribution in [0.5, 0.6) is 0 Å². The zero-order valence-electron chi connectivity index (χ0n) is 13.2. The molecule has 1 fully saturated rings. The number of hydrogen-bond acceptors (Lipinski definition) is 5. The van der Waals surface area contributed by atoms with Crippen LogP contribution in [0.15, 0.2) is 17.0 Å². The van der Waals surface area contributed by atoms with Gasteiger partial charge in [-0.1, -0.05) is 0 Å². The molecule has 1 aliphatic heterocycles. The molecule has 1 aliphatic rings. The first kappa shape index (κ1) is 19.8. The Morgan fingerprint density at radius 1 is 1.35 bits per heavy atom. The molecule has 9 heteroatoms. The molecule has 0 aromatic heterocycles. The van der Waals surface area contributed by atoms with Gasteiger partial charge in [0, 0.05) is 18.7 Å². The van der Waals surface area contributed by atoms with Crippen molar-refractivity contribution in [2.75, 3.05) is 13.1 Å². The summed E-state index contributed by atoms with van der Waals surface area (Å²) in [5.74, 6) is 0. The van der Waals surface area contributed by atoms with Crippen LogP contribution in [0.1, 0.15) is 30.4 Å². The van der Waals surface area contributed by atoms with Crippen molar-refractivity contribution in [3.8, 4) is 0 Å². The Hall–Kier alpha value is -1.22. The summed E-state index contributed by atoms with van der Waals surface area (Å²) in [5, 5.41) is 14.4. The Balaban J connectivity index is 0.00000264. The lowest BCUT2D eigenvalue weighted by Crippen LogP contribution is -2.31. The van der Waals surface area contributed by atoms with E-state index in [1.807, 2.05) is 0 Å². The SMILES string of the molecule is Cc1cc([N+](=O)[O-])c(S(=O)(=O)NCC[C@H]2CCCN2)cc1C.Cl. The van der Waals surface area contributed by atoms with Crippen molar-refractivity contribution < 1.29 is 13.3 Å². The molecule has 1 aromatic carbocycles. The van der Waals surface area contributed by atoms with Gasteiger partial charge >= 0.3 is 0 Å². The number of nitrogens with one attached hydrogen (secondary N) is 2. The molecule has 130 valence electrons. The van der Waals surface area contributed by atoms with Crippen LogP contribution in [0.25, 0.3) is 0 Å². The predicted molar refractivity (Wildman–Crippen MR) is 90.6 cm³/mol. The summed E-state index contributed by atoms with van der Waals surface area (Å²) in [7, 11) is -3.89. The van der Waals surface area contributed by atoms with Gasteiger partial charge in [-0.05, 0) is 56.8 Å². The molecule has 0 unspecified atom stereocenters. The Bertz CT molecular complexity index is 673. The monoisotopic (exact) mass is 363 g/mol. The molecule has 7 nitrogen and oxygen atoms in total. The van der Waals surface area contributed by atoms with Gasteiger partial charge in [-0.15, -0.1) is 12.4 Å². The Morgan fingerprint density at radius 2 is 2.00 bits per heavy atom. The highest BCUT2D eigenvalue weighted by Crippen LogP contribution is 2.27. The van der Waals surface area contributed by atoms with E-state index in [-0.39, 0.29) is 29.5 Å². The highest BCUT2D eigenvalue weighted by Gasteiger charge is 2.27. The normalized spacial score (nSPS) is 17.7. The summed E-state index contributed by atoms with van der Waals surface area (Å²) in [6, 6.07) is 2.99. The van der Waals surface area contributed by atoms with Crippen LogP contribution in [0.3, 0.4) is 0 Å². The molecule has 1 atom stereocenters. The Morgan fingerprint density at radius 3 is 2.57 bits per heavy atom. The molecule has 0 radical (unpaired) electrons. The van der Waals surface area contributed by atoms with E-state index in [4.69, 9.17) is 0 Å². The van der Waals surface area contributed by atoms with Gasteiger partial charge in [-0.25, -0.2) is 13.1 Å².